The lowest BCUT2D eigenvalue weighted by Crippen LogP contribution is -2.28. The van der Waals surface area contributed by atoms with Gasteiger partial charge in [0.05, 0.1) is 18.8 Å². The molecular formula is C18H24N4O2. The molecule has 1 aromatic carbocycles. The average Bonchev–Trinajstić information content (AvgIpc) is 2.92. The van der Waals surface area contributed by atoms with Crippen LogP contribution >= 0.6 is 0 Å². The molecule has 0 unspecified atom stereocenters. The third kappa shape index (κ3) is 3.69. The minimum Gasteiger partial charge on any atom is -0.494 e. The van der Waals surface area contributed by atoms with E-state index >= 15 is 0 Å². The van der Waals surface area contributed by atoms with Crippen molar-refractivity contribution in [2.24, 2.45) is 7.05 Å². The molecule has 1 aliphatic carbocycles. The van der Waals surface area contributed by atoms with Crippen LogP contribution in [0.1, 0.15) is 36.7 Å². The summed E-state index contributed by atoms with van der Waals surface area (Å²) in [5, 5.41) is 10.3. The highest BCUT2D eigenvalue weighted by molar-refractivity contribution is 5.89. The maximum Gasteiger partial charge on any atom is 0.319 e. The number of benzene rings is 1. The Balaban J connectivity index is 1.56. The van der Waals surface area contributed by atoms with Gasteiger partial charge in [0.25, 0.3) is 0 Å². The van der Waals surface area contributed by atoms with Gasteiger partial charge in [0.2, 0.25) is 0 Å². The van der Waals surface area contributed by atoms with Gasteiger partial charge in [-0.2, -0.15) is 5.10 Å². The number of nitrogens with one attached hydrogen (secondary N) is 2. The topological polar surface area (TPSA) is 68.2 Å². The zero-order valence-electron chi connectivity index (χ0n) is 14.3. The molecule has 0 bridgehead atoms. The molecule has 0 spiro atoms. The smallest absolute Gasteiger partial charge is 0.319 e. The predicted molar refractivity (Wildman–Crippen MR) is 93.3 cm³/mol. The SMILES string of the molecule is CCOc1ccc(NC(=O)NCc2nn(C)c3c2CCCC3)cc1. The van der Waals surface area contributed by atoms with E-state index in [-0.39, 0.29) is 6.03 Å². The van der Waals surface area contributed by atoms with Gasteiger partial charge >= 0.3 is 6.03 Å². The fourth-order valence-corrected chi connectivity index (χ4v) is 3.14. The Kier molecular flexibility index (Phi) is 5.03. The standard InChI is InChI=1S/C18H24N4O2/c1-3-24-14-10-8-13(9-11-14)20-18(23)19-12-16-15-6-4-5-7-17(15)22(2)21-16/h8-11H,3-7,12H2,1-2H3,(H2,19,20,23). The van der Waals surface area contributed by atoms with Crippen LogP contribution in [-0.2, 0) is 26.4 Å². The van der Waals surface area contributed by atoms with Gasteiger partial charge in [-0.05, 0) is 62.4 Å². The molecule has 1 aliphatic rings. The number of carbonyl (C=O) groups excluding carboxylic acids is 1. The zero-order chi connectivity index (χ0) is 16.9. The van der Waals surface area contributed by atoms with Gasteiger partial charge in [-0.25, -0.2) is 4.79 Å². The molecule has 6 heteroatoms. The number of aryl methyl sites for hydroxylation is 1. The minimum absolute atomic E-state index is 0.227. The van der Waals surface area contributed by atoms with Crippen LogP contribution in [0.25, 0.3) is 0 Å². The van der Waals surface area contributed by atoms with Gasteiger partial charge in [0.1, 0.15) is 5.75 Å². The van der Waals surface area contributed by atoms with E-state index in [0.717, 1.165) is 30.0 Å². The van der Waals surface area contributed by atoms with Gasteiger partial charge in [0, 0.05) is 18.4 Å². The molecule has 1 heterocycles. The number of hydrogen-bond donors (Lipinski definition) is 2. The van der Waals surface area contributed by atoms with Crippen molar-refractivity contribution in [3.8, 4) is 5.75 Å². The lowest BCUT2D eigenvalue weighted by Gasteiger charge is -2.13. The number of anilines is 1. The summed E-state index contributed by atoms with van der Waals surface area (Å²) in [4.78, 5) is 12.1. The molecule has 2 amide bonds. The average molecular weight is 328 g/mol. The molecule has 1 aromatic heterocycles. The van der Waals surface area contributed by atoms with Gasteiger partial charge in [0.15, 0.2) is 0 Å². The van der Waals surface area contributed by atoms with Crippen molar-refractivity contribution in [3.63, 3.8) is 0 Å². The summed E-state index contributed by atoms with van der Waals surface area (Å²) in [6, 6.07) is 7.11. The van der Waals surface area contributed by atoms with Crippen molar-refractivity contribution in [2.45, 2.75) is 39.2 Å². The molecule has 0 aliphatic heterocycles. The Hall–Kier alpha value is -2.50. The molecule has 24 heavy (non-hydrogen) atoms. The molecular weight excluding hydrogens is 304 g/mol. The van der Waals surface area contributed by atoms with Gasteiger partial charge in [-0.1, -0.05) is 0 Å². The number of amides is 2. The second-order valence-electron chi connectivity index (χ2n) is 5.97. The number of nitrogens with zero attached hydrogens (tertiary/aromatic N) is 2. The van der Waals surface area contributed by atoms with Crippen LogP contribution in [0.3, 0.4) is 0 Å². The summed E-state index contributed by atoms with van der Waals surface area (Å²) in [5.41, 5.74) is 4.34. The van der Waals surface area contributed by atoms with Gasteiger partial charge in [-0.15, -0.1) is 0 Å². The summed E-state index contributed by atoms with van der Waals surface area (Å²) in [7, 11) is 1.98. The number of urea groups is 1. The summed E-state index contributed by atoms with van der Waals surface area (Å²) in [6.45, 7) is 3.02. The molecule has 128 valence electrons. The van der Waals surface area contributed by atoms with Crippen molar-refractivity contribution in [2.75, 3.05) is 11.9 Å². The summed E-state index contributed by atoms with van der Waals surface area (Å²) >= 11 is 0. The van der Waals surface area contributed by atoms with Crippen molar-refractivity contribution >= 4 is 11.7 Å². The number of carbonyl (C=O) groups is 1. The maximum absolute atomic E-state index is 12.1. The monoisotopic (exact) mass is 328 g/mol. The highest BCUT2D eigenvalue weighted by Gasteiger charge is 2.19. The number of aromatic nitrogens is 2. The lowest BCUT2D eigenvalue weighted by molar-refractivity contribution is 0.251. The molecule has 0 fully saturated rings. The quantitative estimate of drug-likeness (QED) is 0.886. The Labute approximate surface area is 142 Å². The summed E-state index contributed by atoms with van der Waals surface area (Å²) < 4.78 is 7.34. The fourth-order valence-electron chi connectivity index (χ4n) is 3.14. The molecule has 0 radical (unpaired) electrons. The molecule has 0 atom stereocenters. The van der Waals surface area contributed by atoms with E-state index in [9.17, 15) is 4.79 Å². The number of rotatable bonds is 5. The number of fused-ring (bicyclic) bond motifs is 1. The third-order valence-electron chi connectivity index (χ3n) is 4.29. The van der Waals surface area contributed by atoms with E-state index in [1.54, 1.807) is 0 Å². The van der Waals surface area contributed by atoms with Crippen LogP contribution in [0.4, 0.5) is 10.5 Å². The Morgan fingerprint density at radius 2 is 2.00 bits per heavy atom. The second kappa shape index (κ2) is 7.38. The van der Waals surface area contributed by atoms with Gasteiger partial charge < -0.3 is 15.4 Å². The summed E-state index contributed by atoms with van der Waals surface area (Å²) in [6.07, 6.45) is 4.56. The first-order chi connectivity index (χ1) is 11.7. The molecule has 0 saturated heterocycles. The minimum atomic E-state index is -0.227. The van der Waals surface area contributed by atoms with Crippen LogP contribution in [0, 0.1) is 0 Å². The van der Waals surface area contributed by atoms with Crippen LogP contribution in [0.15, 0.2) is 24.3 Å². The van der Waals surface area contributed by atoms with Crippen LogP contribution in [-0.4, -0.2) is 22.4 Å². The molecule has 2 aromatic rings. The van der Waals surface area contributed by atoms with E-state index in [2.05, 4.69) is 15.7 Å². The highest BCUT2D eigenvalue weighted by atomic mass is 16.5. The molecule has 2 N–H and O–H groups in total. The van der Waals surface area contributed by atoms with E-state index < -0.39 is 0 Å². The number of hydrogen-bond acceptors (Lipinski definition) is 3. The van der Waals surface area contributed by atoms with Crippen molar-refractivity contribution in [1.82, 2.24) is 15.1 Å². The van der Waals surface area contributed by atoms with E-state index in [0.29, 0.717) is 13.2 Å². The Morgan fingerprint density at radius 1 is 1.25 bits per heavy atom. The Bertz CT molecular complexity index is 707. The third-order valence-corrected chi connectivity index (χ3v) is 4.29. The highest BCUT2D eigenvalue weighted by Crippen LogP contribution is 2.23. The molecule has 3 rings (SSSR count). The van der Waals surface area contributed by atoms with Crippen molar-refractivity contribution in [1.29, 1.82) is 0 Å². The maximum atomic E-state index is 12.1. The zero-order valence-corrected chi connectivity index (χ0v) is 14.3. The Morgan fingerprint density at radius 3 is 2.75 bits per heavy atom. The normalized spacial score (nSPS) is 13.2. The van der Waals surface area contributed by atoms with Gasteiger partial charge in [-0.3, -0.25) is 4.68 Å². The molecule has 6 nitrogen and oxygen atoms in total. The van der Waals surface area contributed by atoms with Crippen molar-refractivity contribution < 1.29 is 9.53 Å². The van der Waals surface area contributed by atoms with Crippen LogP contribution < -0.4 is 15.4 Å². The first-order valence-electron chi connectivity index (χ1n) is 8.48. The second-order valence-corrected chi connectivity index (χ2v) is 5.97. The van der Waals surface area contributed by atoms with E-state index in [4.69, 9.17) is 4.74 Å². The number of ether oxygens (including phenoxy) is 1. The van der Waals surface area contributed by atoms with Crippen LogP contribution in [0.2, 0.25) is 0 Å². The van der Waals surface area contributed by atoms with Crippen molar-refractivity contribution in [3.05, 3.63) is 41.2 Å². The fraction of sp³-hybridized carbons (Fsp3) is 0.444. The van der Waals surface area contributed by atoms with Crippen LogP contribution in [0.5, 0.6) is 5.75 Å². The largest absolute Gasteiger partial charge is 0.494 e. The van der Waals surface area contributed by atoms with E-state index in [1.165, 1.54) is 24.1 Å². The first-order valence-corrected chi connectivity index (χ1v) is 8.48. The molecule has 0 saturated carbocycles. The predicted octanol–water partition coefficient (Wildman–Crippen LogP) is 3.02. The first kappa shape index (κ1) is 16.4. The summed E-state index contributed by atoms with van der Waals surface area (Å²) in [5.74, 6) is 0.795. The van der Waals surface area contributed by atoms with E-state index in [1.807, 2.05) is 42.9 Å². The lowest BCUT2D eigenvalue weighted by atomic mass is 9.96.